The molecule has 0 spiro atoms. The first-order valence-corrected chi connectivity index (χ1v) is 4.45. The molecule has 0 unspecified atom stereocenters. The van der Waals surface area contributed by atoms with E-state index >= 15 is 0 Å². The summed E-state index contributed by atoms with van der Waals surface area (Å²) in [7, 11) is 0. The van der Waals surface area contributed by atoms with E-state index in [1.165, 1.54) is 0 Å². The average Bonchev–Trinajstić information content (AvgIpc) is 2.27. The van der Waals surface area contributed by atoms with Gasteiger partial charge >= 0.3 is 6.09 Å². The van der Waals surface area contributed by atoms with Gasteiger partial charge in [0.2, 0.25) is 0 Å². The highest BCUT2D eigenvalue weighted by Gasteiger charge is 1.98. The predicted molar refractivity (Wildman–Crippen MR) is 54.9 cm³/mol. The van der Waals surface area contributed by atoms with E-state index in [0.717, 1.165) is 0 Å². The Kier molecular flexibility index (Phi) is 3.98. The second-order valence-electron chi connectivity index (χ2n) is 2.66. The third kappa shape index (κ3) is 3.56. The number of rotatable bonds is 3. The lowest BCUT2D eigenvalue weighted by molar-refractivity contribution is 0.154. The maximum Gasteiger partial charge on any atom is 0.425 e. The van der Waals surface area contributed by atoms with Crippen molar-refractivity contribution in [2.45, 2.75) is 6.92 Å². The van der Waals surface area contributed by atoms with Gasteiger partial charge in [0.25, 0.3) is 0 Å². The fraction of sp³-hybridized carbons (Fsp3) is 0.200. The number of hydrazine groups is 1. The standard InChI is InChI=1S/C10H11N3O2/c1-2-15-10(14)13-12-9-5-3-8(7-11)4-6-9/h3-6,12H,2H2,1H3,(H,13,14). The first-order chi connectivity index (χ1) is 7.26. The molecule has 1 amide bonds. The molecule has 1 rings (SSSR count). The van der Waals surface area contributed by atoms with Crippen LogP contribution in [0.5, 0.6) is 0 Å². The Bertz CT molecular complexity index is 367. The Morgan fingerprint density at radius 3 is 2.67 bits per heavy atom. The second kappa shape index (κ2) is 5.50. The van der Waals surface area contributed by atoms with Gasteiger partial charge in [-0.2, -0.15) is 5.26 Å². The molecule has 0 aliphatic heterocycles. The summed E-state index contributed by atoms with van der Waals surface area (Å²) in [6.45, 7) is 2.04. The molecule has 0 saturated carbocycles. The first-order valence-electron chi connectivity index (χ1n) is 4.45. The molecule has 0 saturated heterocycles. The van der Waals surface area contributed by atoms with Crippen molar-refractivity contribution in [2.75, 3.05) is 12.0 Å². The molecule has 15 heavy (non-hydrogen) atoms. The van der Waals surface area contributed by atoms with E-state index in [9.17, 15) is 4.79 Å². The monoisotopic (exact) mass is 205 g/mol. The molecular formula is C10H11N3O2. The first kappa shape index (κ1) is 10.9. The Labute approximate surface area is 87.6 Å². The van der Waals surface area contributed by atoms with Crippen molar-refractivity contribution >= 4 is 11.8 Å². The van der Waals surface area contributed by atoms with Crippen LogP contribution in [-0.2, 0) is 4.74 Å². The van der Waals surface area contributed by atoms with Crippen molar-refractivity contribution in [1.29, 1.82) is 5.26 Å². The van der Waals surface area contributed by atoms with Crippen LogP contribution in [0, 0.1) is 11.3 Å². The molecule has 0 aliphatic rings. The molecule has 1 aromatic carbocycles. The van der Waals surface area contributed by atoms with Gasteiger partial charge in [-0.15, -0.1) is 0 Å². The number of benzene rings is 1. The molecule has 5 heteroatoms. The highest BCUT2D eigenvalue weighted by atomic mass is 16.5. The lowest BCUT2D eigenvalue weighted by atomic mass is 10.2. The summed E-state index contributed by atoms with van der Waals surface area (Å²) >= 11 is 0. The molecule has 0 radical (unpaired) electrons. The quantitative estimate of drug-likeness (QED) is 0.735. The zero-order valence-electron chi connectivity index (χ0n) is 8.28. The van der Waals surface area contributed by atoms with Crippen molar-refractivity contribution < 1.29 is 9.53 Å². The number of ether oxygens (including phenoxy) is 1. The average molecular weight is 205 g/mol. The molecule has 0 fully saturated rings. The summed E-state index contributed by atoms with van der Waals surface area (Å²) in [4.78, 5) is 10.9. The van der Waals surface area contributed by atoms with E-state index in [2.05, 4.69) is 15.6 Å². The van der Waals surface area contributed by atoms with Gasteiger partial charge in [0, 0.05) is 0 Å². The fourth-order valence-corrected chi connectivity index (χ4v) is 0.918. The largest absolute Gasteiger partial charge is 0.449 e. The van der Waals surface area contributed by atoms with Crippen molar-refractivity contribution in [1.82, 2.24) is 5.43 Å². The number of hydrogen-bond donors (Lipinski definition) is 2. The summed E-state index contributed by atoms with van der Waals surface area (Å²) in [6.07, 6.45) is -0.540. The smallest absolute Gasteiger partial charge is 0.425 e. The molecule has 0 heterocycles. The molecule has 0 aromatic heterocycles. The number of hydrogen-bond acceptors (Lipinski definition) is 4. The number of nitrogens with one attached hydrogen (secondary N) is 2. The van der Waals surface area contributed by atoms with E-state index in [0.29, 0.717) is 17.9 Å². The summed E-state index contributed by atoms with van der Waals surface area (Å²) in [6, 6.07) is 8.67. The van der Waals surface area contributed by atoms with Gasteiger partial charge in [0.15, 0.2) is 0 Å². The van der Waals surface area contributed by atoms with Crippen LogP contribution in [0.2, 0.25) is 0 Å². The molecule has 0 bridgehead atoms. The van der Waals surface area contributed by atoms with Crippen LogP contribution in [0.15, 0.2) is 24.3 Å². The Balaban J connectivity index is 2.45. The zero-order chi connectivity index (χ0) is 11.1. The van der Waals surface area contributed by atoms with Gasteiger partial charge in [0.05, 0.1) is 23.9 Å². The van der Waals surface area contributed by atoms with Gasteiger partial charge in [-0.3, -0.25) is 5.43 Å². The van der Waals surface area contributed by atoms with Gasteiger partial charge in [-0.1, -0.05) is 0 Å². The summed E-state index contributed by atoms with van der Waals surface area (Å²) in [5, 5.41) is 8.56. The van der Waals surface area contributed by atoms with Crippen LogP contribution in [0.4, 0.5) is 10.5 Å². The molecule has 2 N–H and O–H groups in total. The third-order valence-electron chi connectivity index (χ3n) is 1.60. The summed E-state index contributed by atoms with van der Waals surface area (Å²) < 4.78 is 4.64. The fourth-order valence-electron chi connectivity index (χ4n) is 0.918. The van der Waals surface area contributed by atoms with Crippen LogP contribution in [0.25, 0.3) is 0 Å². The molecule has 78 valence electrons. The van der Waals surface area contributed by atoms with Gasteiger partial charge in [-0.05, 0) is 31.2 Å². The zero-order valence-corrected chi connectivity index (χ0v) is 8.28. The minimum atomic E-state index is -0.540. The molecule has 5 nitrogen and oxygen atoms in total. The van der Waals surface area contributed by atoms with Crippen LogP contribution >= 0.6 is 0 Å². The van der Waals surface area contributed by atoms with Crippen molar-refractivity contribution in [2.24, 2.45) is 0 Å². The number of nitrogens with zero attached hydrogens (tertiary/aromatic N) is 1. The van der Waals surface area contributed by atoms with Crippen molar-refractivity contribution in [3.05, 3.63) is 29.8 Å². The highest BCUT2D eigenvalue weighted by molar-refractivity contribution is 5.69. The van der Waals surface area contributed by atoms with E-state index < -0.39 is 6.09 Å². The number of carbonyl (C=O) groups is 1. The molecule has 1 aromatic rings. The lowest BCUT2D eigenvalue weighted by Gasteiger charge is -2.07. The number of carbonyl (C=O) groups excluding carboxylic acids is 1. The minimum absolute atomic E-state index is 0.320. The molecular weight excluding hydrogens is 194 g/mol. The maximum absolute atomic E-state index is 10.9. The van der Waals surface area contributed by atoms with Crippen LogP contribution in [-0.4, -0.2) is 12.7 Å². The maximum atomic E-state index is 10.9. The Hall–Kier alpha value is -2.22. The van der Waals surface area contributed by atoms with Gasteiger partial charge < -0.3 is 4.74 Å². The second-order valence-corrected chi connectivity index (χ2v) is 2.66. The topological polar surface area (TPSA) is 74.2 Å². The Morgan fingerprint density at radius 2 is 2.13 bits per heavy atom. The SMILES string of the molecule is CCOC(=O)NNc1ccc(C#N)cc1. The van der Waals surface area contributed by atoms with Crippen LogP contribution in [0.1, 0.15) is 12.5 Å². The Morgan fingerprint density at radius 1 is 1.47 bits per heavy atom. The van der Waals surface area contributed by atoms with Gasteiger partial charge in [0.1, 0.15) is 0 Å². The third-order valence-corrected chi connectivity index (χ3v) is 1.60. The number of anilines is 1. The lowest BCUT2D eigenvalue weighted by Crippen LogP contribution is -2.29. The van der Waals surface area contributed by atoms with E-state index in [4.69, 9.17) is 5.26 Å². The predicted octanol–water partition coefficient (Wildman–Crippen LogP) is 1.63. The van der Waals surface area contributed by atoms with E-state index in [1.807, 2.05) is 6.07 Å². The minimum Gasteiger partial charge on any atom is -0.449 e. The molecule has 0 atom stereocenters. The van der Waals surface area contributed by atoms with Crippen molar-refractivity contribution in [3.8, 4) is 6.07 Å². The van der Waals surface area contributed by atoms with Crippen LogP contribution in [0.3, 0.4) is 0 Å². The highest BCUT2D eigenvalue weighted by Crippen LogP contribution is 2.06. The number of nitriles is 1. The van der Waals surface area contributed by atoms with Crippen molar-refractivity contribution in [3.63, 3.8) is 0 Å². The normalized spacial score (nSPS) is 8.80. The van der Waals surface area contributed by atoms with E-state index in [1.54, 1.807) is 31.2 Å². The number of amides is 1. The van der Waals surface area contributed by atoms with Crippen LogP contribution < -0.4 is 10.9 Å². The summed E-state index contributed by atoms with van der Waals surface area (Å²) in [5.41, 5.74) is 6.24. The molecule has 0 aliphatic carbocycles. The van der Waals surface area contributed by atoms with E-state index in [-0.39, 0.29) is 0 Å². The summed E-state index contributed by atoms with van der Waals surface area (Å²) in [5.74, 6) is 0. The van der Waals surface area contributed by atoms with Gasteiger partial charge in [-0.25, -0.2) is 10.2 Å².